The third-order valence-electron chi connectivity index (χ3n) is 3.76. The molecule has 0 fully saturated rings. The molecule has 1 aromatic carbocycles. The lowest BCUT2D eigenvalue weighted by Gasteiger charge is -2.37. The fourth-order valence-corrected chi connectivity index (χ4v) is 2.74. The zero-order valence-corrected chi connectivity index (χ0v) is 10.7. The lowest BCUT2D eigenvalue weighted by Crippen LogP contribution is -2.32. The van der Waals surface area contributed by atoms with E-state index in [0.717, 1.165) is 6.54 Å². The summed E-state index contributed by atoms with van der Waals surface area (Å²) < 4.78 is 0. The van der Waals surface area contributed by atoms with E-state index in [4.69, 9.17) is 0 Å². The largest absolute Gasteiger partial charge is 0.310 e. The summed E-state index contributed by atoms with van der Waals surface area (Å²) in [6, 6.07) is 9.51. The number of hydrogen-bond acceptors (Lipinski definition) is 1. The first kappa shape index (κ1) is 11.7. The van der Waals surface area contributed by atoms with Gasteiger partial charge in [0.15, 0.2) is 0 Å². The predicted molar refractivity (Wildman–Crippen MR) is 69.7 cm³/mol. The average molecular weight is 217 g/mol. The van der Waals surface area contributed by atoms with Gasteiger partial charge in [0.05, 0.1) is 0 Å². The van der Waals surface area contributed by atoms with E-state index < -0.39 is 0 Å². The smallest absolute Gasteiger partial charge is 0.0323 e. The molecule has 0 radical (unpaired) electrons. The lowest BCUT2D eigenvalue weighted by atomic mass is 9.71. The molecule has 1 nitrogen and oxygen atoms in total. The van der Waals surface area contributed by atoms with Crippen LogP contribution in [0.25, 0.3) is 0 Å². The number of nitrogens with one attached hydrogen (secondary N) is 1. The van der Waals surface area contributed by atoms with Gasteiger partial charge in [-0.25, -0.2) is 0 Å². The van der Waals surface area contributed by atoms with E-state index in [0.29, 0.717) is 11.5 Å². The maximum Gasteiger partial charge on any atom is 0.0323 e. The van der Waals surface area contributed by atoms with Crippen molar-refractivity contribution in [1.29, 1.82) is 0 Å². The van der Waals surface area contributed by atoms with Crippen molar-refractivity contribution < 1.29 is 0 Å². The van der Waals surface area contributed by atoms with Crippen molar-refractivity contribution >= 4 is 0 Å². The van der Waals surface area contributed by atoms with E-state index in [1.54, 1.807) is 0 Å². The number of hydrogen-bond donors (Lipinski definition) is 1. The van der Waals surface area contributed by atoms with Crippen molar-refractivity contribution in [2.45, 2.75) is 51.5 Å². The quantitative estimate of drug-likeness (QED) is 0.812. The van der Waals surface area contributed by atoms with E-state index in [2.05, 4.69) is 50.4 Å². The van der Waals surface area contributed by atoms with E-state index in [-0.39, 0.29) is 0 Å². The molecular formula is C15H23N. The van der Waals surface area contributed by atoms with Gasteiger partial charge >= 0.3 is 0 Å². The molecule has 1 aliphatic carbocycles. The molecule has 0 saturated heterocycles. The summed E-state index contributed by atoms with van der Waals surface area (Å²) in [6.45, 7) is 8.08. The summed E-state index contributed by atoms with van der Waals surface area (Å²) in [4.78, 5) is 0. The zero-order valence-electron chi connectivity index (χ0n) is 10.7. The Bertz CT molecular complexity index is 354. The van der Waals surface area contributed by atoms with Gasteiger partial charge in [-0.2, -0.15) is 0 Å². The third-order valence-corrected chi connectivity index (χ3v) is 3.76. The van der Waals surface area contributed by atoms with Crippen LogP contribution in [-0.4, -0.2) is 6.54 Å². The molecule has 0 amide bonds. The topological polar surface area (TPSA) is 12.0 Å². The Morgan fingerprint density at radius 2 is 2.06 bits per heavy atom. The van der Waals surface area contributed by atoms with Crippen LogP contribution < -0.4 is 5.32 Å². The molecule has 1 unspecified atom stereocenters. The van der Waals surface area contributed by atoms with Gasteiger partial charge < -0.3 is 5.32 Å². The normalized spacial score (nSPS) is 22.8. The van der Waals surface area contributed by atoms with Gasteiger partial charge in [-0.15, -0.1) is 0 Å². The first-order valence-corrected chi connectivity index (χ1v) is 6.48. The Balaban J connectivity index is 2.28. The molecule has 0 bridgehead atoms. The van der Waals surface area contributed by atoms with Gasteiger partial charge in [-0.3, -0.25) is 0 Å². The fourth-order valence-electron chi connectivity index (χ4n) is 2.74. The zero-order chi connectivity index (χ0) is 11.6. The molecule has 1 atom stereocenters. The van der Waals surface area contributed by atoms with Crippen LogP contribution in [0.1, 0.15) is 57.2 Å². The summed E-state index contributed by atoms with van der Waals surface area (Å²) in [5, 5.41) is 3.67. The van der Waals surface area contributed by atoms with Gasteiger partial charge in [0.25, 0.3) is 0 Å². The van der Waals surface area contributed by atoms with Crippen molar-refractivity contribution in [2.24, 2.45) is 0 Å². The second kappa shape index (κ2) is 4.58. The molecule has 88 valence electrons. The molecular weight excluding hydrogens is 194 g/mol. The van der Waals surface area contributed by atoms with E-state index in [9.17, 15) is 0 Å². The van der Waals surface area contributed by atoms with E-state index in [1.807, 2.05) is 0 Å². The average Bonchev–Trinajstić information content (AvgIpc) is 2.29. The molecule has 1 N–H and O–H groups in total. The Kier molecular flexibility index (Phi) is 3.34. The molecule has 16 heavy (non-hydrogen) atoms. The third kappa shape index (κ3) is 2.15. The van der Waals surface area contributed by atoms with Crippen LogP contribution in [0.5, 0.6) is 0 Å². The van der Waals surface area contributed by atoms with Crippen LogP contribution in [0.4, 0.5) is 0 Å². The summed E-state index contributed by atoms with van der Waals surface area (Å²) in [5.74, 6) is 0. The highest BCUT2D eigenvalue weighted by atomic mass is 14.9. The van der Waals surface area contributed by atoms with Gasteiger partial charge in [-0.1, -0.05) is 45.0 Å². The fraction of sp³-hybridized carbons (Fsp3) is 0.600. The summed E-state index contributed by atoms with van der Waals surface area (Å²) in [6.07, 6.45) is 3.76. The molecule has 1 aliphatic rings. The second-order valence-corrected chi connectivity index (χ2v) is 5.52. The highest BCUT2D eigenvalue weighted by molar-refractivity contribution is 5.38. The second-order valence-electron chi connectivity index (χ2n) is 5.52. The summed E-state index contributed by atoms with van der Waals surface area (Å²) >= 11 is 0. The highest BCUT2D eigenvalue weighted by Crippen LogP contribution is 2.41. The van der Waals surface area contributed by atoms with Gasteiger partial charge in [0.2, 0.25) is 0 Å². The molecule has 1 heteroatoms. The summed E-state index contributed by atoms with van der Waals surface area (Å²) in [7, 11) is 0. The maximum absolute atomic E-state index is 3.67. The van der Waals surface area contributed by atoms with Crippen LogP contribution in [0.2, 0.25) is 0 Å². The number of benzene rings is 1. The Hall–Kier alpha value is -0.820. The molecule has 2 rings (SSSR count). The van der Waals surface area contributed by atoms with Crippen molar-refractivity contribution in [3.05, 3.63) is 35.4 Å². The van der Waals surface area contributed by atoms with Gasteiger partial charge in [0, 0.05) is 6.04 Å². The maximum atomic E-state index is 3.67. The monoisotopic (exact) mass is 217 g/mol. The molecule has 0 aromatic heterocycles. The Morgan fingerprint density at radius 1 is 1.31 bits per heavy atom. The van der Waals surface area contributed by atoms with Gasteiger partial charge in [0.1, 0.15) is 0 Å². The highest BCUT2D eigenvalue weighted by Gasteiger charge is 2.31. The number of rotatable bonds is 3. The van der Waals surface area contributed by atoms with Crippen LogP contribution >= 0.6 is 0 Å². The first-order valence-electron chi connectivity index (χ1n) is 6.48. The molecule has 0 spiro atoms. The van der Waals surface area contributed by atoms with Crippen LogP contribution in [0.3, 0.4) is 0 Å². The molecule has 0 heterocycles. The van der Waals surface area contributed by atoms with Crippen LogP contribution in [-0.2, 0) is 5.41 Å². The van der Waals surface area contributed by atoms with E-state index in [1.165, 1.54) is 30.4 Å². The first-order chi connectivity index (χ1) is 7.65. The minimum atomic E-state index is 0.348. The van der Waals surface area contributed by atoms with Crippen LogP contribution in [0, 0.1) is 0 Å². The van der Waals surface area contributed by atoms with Crippen molar-refractivity contribution in [2.75, 3.05) is 6.54 Å². The lowest BCUT2D eigenvalue weighted by molar-refractivity contribution is 0.359. The van der Waals surface area contributed by atoms with Crippen molar-refractivity contribution in [1.82, 2.24) is 5.32 Å². The summed E-state index contributed by atoms with van der Waals surface area (Å²) in [5.41, 5.74) is 3.41. The Morgan fingerprint density at radius 3 is 2.81 bits per heavy atom. The minimum absolute atomic E-state index is 0.348. The van der Waals surface area contributed by atoms with E-state index >= 15 is 0 Å². The predicted octanol–water partition coefficient (Wildman–Crippen LogP) is 3.80. The molecule has 1 aromatic rings. The minimum Gasteiger partial charge on any atom is -0.310 e. The standard InChI is InChI=1S/C15H23N/c1-4-11-16-14-9-10-15(2,3)13-8-6-5-7-12(13)14/h5-8,14,16H,4,9-11H2,1-3H3. The molecule has 0 saturated carbocycles. The van der Waals surface area contributed by atoms with Crippen LogP contribution in [0.15, 0.2) is 24.3 Å². The Labute approximate surface area is 99.3 Å². The van der Waals surface area contributed by atoms with Crippen molar-refractivity contribution in [3.8, 4) is 0 Å². The SMILES string of the molecule is CCCNC1CCC(C)(C)c2ccccc21. The number of fused-ring (bicyclic) bond motifs is 1. The molecule has 0 aliphatic heterocycles. The van der Waals surface area contributed by atoms with Gasteiger partial charge in [-0.05, 0) is 42.3 Å². The van der Waals surface area contributed by atoms with Crippen molar-refractivity contribution in [3.63, 3.8) is 0 Å².